The maximum Gasteiger partial charge on any atom is 0.116 e. The number of hydrogen-bond acceptors (Lipinski definition) is 2. The first-order valence-electron chi connectivity index (χ1n) is 5.62. The maximum atomic E-state index is 9.36. The summed E-state index contributed by atoms with van der Waals surface area (Å²) in [5.74, 6) is 0.316. The lowest BCUT2D eigenvalue weighted by molar-refractivity contribution is 0.476. The zero-order valence-electron chi connectivity index (χ0n) is 9.48. The summed E-state index contributed by atoms with van der Waals surface area (Å²) < 4.78 is 0. The first-order chi connectivity index (χ1) is 7.65. The number of hydrogen-bond donors (Lipinski definition) is 2. The van der Waals surface area contributed by atoms with E-state index in [1.165, 1.54) is 10.9 Å². The molecule has 84 valence electrons. The molecule has 2 aromatic rings. The van der Waals surface area contributed by atoms with Gasteiger partial charge in [-0.25, -0.2) is 0 Å². The minimum absolute atomic E-state index is 0.246. The van der Waals surface area contributed by atoms with Gasteiger partial charge < -0.3 is 10.8 Å². The van der Waals surface area contributed by atoms with Crippen molar-refractivity contribution in [1.82, 2.24) is 0 Å². The van der Waals surface area contributed by atoms with E-state index in [9.17, 15) is 5.11 Å². The number of phenolic OH excluding ortho intramolecular Hbond substituents is 1. The van der Waals surface area contributed by atoms with Crippen molar-refractivity contribution >= 4 is 10.8 Å². The van der Waals surface area contributed by atoms with Gasteiger partial charge in [-0.15, -0.1) is 0 Å². The van der Waals surface area contributed by atoms with Crippen LogP contribution in [-0.4, -0.2) is 11.1 Å². The maximum absolute atomic E-state index is 9.36. The first-order valence-corrected chi connectivity index (χ1v) is 5.62. The number of aromatic hydroxyl groups is 1. The molecule has 0 bridgehead atoms. The highest BCUT2D eigenvalue weighted by atomic mass is 16.3. The summed E-state index contributed by atoms with van der Waals surface area (Å²) in [6, 6.07) is 12.0. The first kappa shape index (κ1) is 11.0. The van der Waals surface area contributed by atoms with E-state index in [1.807, 2.05) is 19.1 Å². The Bertz CT molecular complexity index is 491. The number of rotatable bonds is 3. The Kier molecular flexibility index (Phi) is 3.11. The van der Waals surface area contributed by atoms with Gasteiger partial charge in [-0.2, -0.15) is 0 Å². The fourth-order valence-electron chi connectivity index (χ4n) is 1.83. The van der Waals surface area contributed by atoms with Crippen LogP contribution >= 0.6 is 0 Å². The van der Waals surface area contributed by atoms with Crippen molar-refractivity contribution in [2.24, 2.45) is 5.73 Å². The second-order valence-corrected chi connectivity index (χ2v) is 4.38. The van der Waals surface area contributed by atoms with Gasteiger partial charge in [0.2, 0.25) is 0 Å². The average molecular weight is 215 g/mol. The van der Waals surface area contributed by atoms with E-state index in [0.29, 0.717) is 5.75 Å². The van der Waals surface area contributed by atoms with Gasteiger partial charge in [0.05, 0.1) is 0 Å². The molecular weight excluding hydrogens is 198 g/mol. The average Bonchev–Trinajstić information content (AvgIpc) is 2.26. The Hall–Kier alpha value is -1.54. The topological polar surface area (TPSA) is 46.2 Å². The van der Waals surface area contributed by atoms with Crippen LogP contribution in [0.3, 0.4) is 0 Å². The molecule has 1 unspecified atom stereocenters. The van der Waals surface area contributed by atoms with Gasteiger partial charge in [-0.05, 0) is 48.2 Å². The molecule has 0 aromatic heterocycles. The third-order valence-electron chi connectivity index (χ3n) is 2.78. The smallest absolute Gasteiger partial charge is 0.116 e. The molecule has 0 fully saturated rings. The van der Waals surface area contributed by atoms with Crippen molar-refractivity contribution < 1.29 is 5.11 Å². The Morgan fingerprint density at radius 2 is 1.81 bits per heavy atom. The number of phenols is 1. The lowest BCUT2D eigenvalue weighted by Crippen LogP contribution is -2.15. The van der Waals surface area contributed by atoms with Crippen LogP contribution in [0.2, 0.25) is 0 Å². The van der Waals surface area contributed by atoms with E-state index in [4.69, 9.17) is 5.73 Å². The highest BCUT2D eigenvalue weighted by Crippen LogP contribution is 2.21. The fraction of sp³-hybridized carbons (Fsp3) is 0.286. The molecule has 3 N–H and O–H groups in total. The molecule has 2 nitrogen and oxygen atoms in total. The minimum atomic E-state index is 0.246. The molecule has 0 amide bonds. The molecule has 0 heterocycles. The van der Waals surface area contributed by atoms with Crippen molar-refractivity contribution in [3.8, 4) is 5.75 Å². The summed E-state index contributed by atoms with van der Waals surface area (Å²) in [6.45, 7) is 2.03. The molecule has 2 rings (SSSR count). The van der Waals surface area contributed by atoms with E-state index in [0.717, 1.165) is 18.2 Å². The van der Waals surface area contributed by atoms with Crippen molar-refractivity contribution in [2.75, 3.05) is 0 Å². The Balaban J connectivity index is 2.26. The molecule has 2 heteroatoms. The minimum Gasteiger partial charge on any atom is -0.508 e. The number of benzene rings is 2. The Morgan fingerprint density at radius 1 is 1.12 bits per heavy atom. The molecule has 2 aromatic carbocycles. The van der Waals surface area contributed by atoms with Crippen LogP contribution in [0.4, 0.5) is 0 Å². The van der Waals surface area contributed by atoms with Gasteiger partial charge in [0.15, 0.2) is 0 Å². The molecule has 0 aliphatic rings. The fourth-order valence-corrected chi connectivity index (χ4v) is 1.83. The van der Waals surface area contributed by atoms with Crippen molar-refractivity contribution in [2.45, 2.75) is 25.8 Å². The second kappa shape index (κ2) is 4.54. The summed E-state index contributed by atoms with van der Waals surface area (Å²) in [5.41, 5.74) is 7.04. The van der Waals surface area contributed by atoms with Crippen LogP contribution in [0.25, 0.3) is 10.8 Å². The SMILES string of the molecule is CC(N)CCc1ccc2cc(O)ccc2c1. The zero-order chi connectivity index (χ0) is 11.5. The van der Waals surface area contributed by atoms with E-state index >= 15 is 0 Å². The third-order valence-corrected chi connectivity index (χ3v) is 2.78. The molecule has 0 aliphatic heterocycles. The quantitative estimate of drug-likeness (QED) is 0.827. The summed E-state index contributed by atoms with van der Waals surface area (Å²) in [6.07, 6.45) is 2.01. The molecule has 0 aliphatic carbocycles. The van der Waals surface area contributed by atoms with E-state index < -0.39 is 0 Å². The number of fused-ring (bicyclic) bond motifs is 1. The molecule has 16 heavy (non-hydrogen) atoms. The predicted octanol–water partition coefficient (Wildman–Crippen LogP) is 2.83. The van der Waals surface area contributed by atoms with Gasteiger partial charge in [0, 0.05) is 6.04 Å². The van der Waals surface area contributed by atoms with Crippen LogP contribution in [0.5, 0.6) is 5.75 Å². The van der Waals surface area contributed by atoms with Crippen molar-refractivity contribution in [1.29, 1.82) is 0 Å². The van der Waals surface area contributed by atoms with E-state index in [1.54, 1.807) is 12.1 Å². The van der Waals surface area contributed by atoms with E-state index in [-0.39, 0.29) is 6.04 Å². The van der Waals surface area contributed by atoms with Crippen molar-refractivity contribution in [3.63, 3.8) is 0 Å². The highest BCUT2D eigenvalue weighted by Gasteiger charge is 2.00. The Labute approximate surface area is 95.7 Å². The zero-order valence-corrected chi connectivity index (χ0v) is 9.48. The molecule has 0 radical (unpaired) electrons. The predicted molar refractivity (Wildman–Crippen MR) is 67.6 cm³/mol. The van der Waals surface area contributed by atoms with Crippen LogP contribution in [-0.2, 0) is 6.42 Å². The normalized spacial score (nSPS) is 12.9. The summed E-state index contributed by atoms with van der Waals surface area (Å²) in [5, 5.41) is 11.6. The van der Waals surface area contributed by atoms with Gasteiger partial charge in [0.1, 0.15) is 5.75 Å². The van der Waals surface area contributed by atoms with E-state index in [2.05, 4.69) is 12.1 Å². The lowest BCUT2D eigenvalue weighted by Gasteiger charge is -2.06. The second-order valence-electron chi connectivity index (χ2n) is 4.38. The summed E-state index contributed by atoms with van der Waals surface area (Å²) in [4.78, 5) is 0. The highest BCUT2D eigenvalue weighted by molar-refractivity contribution is 5.84. The summed E-state index contributed by atoms with van der Waals surface area (Å²) in [7, 11) is 0. The summed E-state index contributed by atoms with van der Waals surface area (Å²) >= 11 is 0. The lowest BCUT2D eigenvalue weighted by atomic mass is 10.0. The van der Waals surface area contributed by atoms with Crippen molar-refractivity contribution in [3.05, 3.63) is 42.0 Å². The molecule has 1 atom stereocenters. The molecule has 0 saturated carbocycles. The molecule has 0 spiro atoms. The monoisotopic (exact) mass is 215 g/mol. The van der Waals surface area contributed by atoms with Crippen LogP contribution in [0.15, 0.2) is 36.4 Å². The number of nitrogens with two attached hydrogens (primary N) is 1. The Morgan fingerprint density at radius 3 is 2.56 bits per heavy atom. The largest absolute Gasteiger partial charge is 0.508 e. The van der Waals surface area contributed by atoms with Crippen LogP contribution in [0, 0.1) is 0 Å². The van der Waals surface area contributed by atoms with Gasteiger partial charge >= 0.3 is 0 Å². The molecule has 0 saturated heterocycles. The van der Waals surface area contributed by atoms with Gasteiger partial charge in [-0.3, -0.25) is 0 Å². The molecular formula is C14H17NO. The van der Waals surface area contributed by atoms with Crippen LogP contribution in [0.1, 0.15) is 18.9 Å². The number of aryl methyl sites for hydroxylation is 1. The third kappa shape index (κ3) is 2.52. The van der Waals surface area contributed by atoms with Gasteiger partial charge in [-0.1, -0.05) is 24.3 Å². The van der Waals surface area contributed by atoms with Crippen LogP contribution < -0.4 is 5.73 Å². The standard InChI is InChI=1S/C14H17NO/c1-10(15)2-3-11-4-5-13-9-14(16)7-6-12(13)8-11/h4-10,16H,2-3,15H2,1H3. The van der Waals surface area contributed by atoms with Gasteiger partial charge in [0.25, 0.3) is 0 Å².